The number of rotatable bonds is 8. The summed E-state index contributed by atoms with van der Waals surface area (Å²) in [6.07, 6.45) is 1.12. The lowest BCUT2D eigenvalue weighted by atomic mass is 10.1. The normalized spacial score (nSPS) is 13.2. The zero-order valence-electron chi connectivity index (χ0n) is 12.7. The summed E-state index contributed by atoms with van der Waals surface area (Å²) >= 11 is 0. The van der Waals surface area contributed by atoms with Gasteiger partial charge in [0.05, 0.1) is 12.6 Å². The third kappa shape index (κ3) is 4.36. The lowest BCUT2D eigenvalue weighted by Gasteiger charge is -2.11. The minimum Gasteiger partial charge on any atom is -0.459 e. The van der Waals surface area contributed by atoms with Crippen LogP contribution in [0.5, 0.6) is 0 Å². The standard InChI is InChI=1S/C17H25NO2/c1-13(2)8-10-19-11-9-18-14(3)17-12-15-6-4-5-7-16(15)20-17/h4-7,12-14,18H,8-11H2,1-3H3. The Morgan fingerprint density at radius 1 is 1.15 bits per heavy atom. The molecule has 3 nitrogen and oxygen atoms in total. The van der Waals surface area contributed by atoms with Crippen molar-refractivity contribution in [2.45, 2.75) is 33.2 Å². The first-order chi connectivity index (χ1) is 9.66. The van der Waals surface area contributed by atoms with Gasteiger partial charge in [0.1, 0.15) is 11.3 Å². The van der Waals surface area contributed by atoms with Gasteiger partial charge in [-0.25, -0.2) is 0 Å². The summed E-state index contributed by atoms with van der Waals surface area (Å²) in [5.41, 5.74) is 0.948. The fraction of sp³-hybridized carbons (Fsp3) is 0.529. The van der Waals surface area contributed by atoms with Crippen LogP contribution in [0.2, 0.25) is 0 Å². The lowest BCUT2D eigenvalue weighted by Crippen LogP contribution is -2.23. The largest absolute Gasteiger partial charge is 0.459 e. The van der Waals surface area contributed by atoms with E-state index in [4.69, 9.17) is 9.15 Å². The molecule has 0 spiro atoms. The Morgan fingerprint density at radius 2 is 1.95 bits per heavy atom. The van der Waals surface area contributed by atoms with Crippen molar-refractivity contribution in [3.05, 3.63) is 36.1 Å². The van der Waals surface area contributed by atoms with E-state index in [9.17, 15) is 0 Å². The summed E-state index contributed by atoms with van der Waals surface area (Å²) < 4.78 is 11.4. The van der Waals surface area contributed by atoms with Crippen molar-refractivity contribution in [3.63, 3.8) is 0 Å². The minimum absolute atomic E-state index is 0.205. The van der Waals surface area contributed by atoms with E-state index in [-0.39, 0.29) is 6.04 Å². The molecule has 1 aromatic carbocycles. The zero-order valence-corrected chi connectivity index (χ0v) is 12.7. The number of nitrogens with one attached hydrogen (secondary N) is 1. The van der Waals surface area contributed by atoms with Gasteiger partial charge in [0.15, 0.2) is 0 Å². The average molecular weight is 275 g/mol. The van der Waals surface area contributed by atoms with Crippen molar-refractivity contribution < 1.29 is 9.15 Å². The highest BCUT2D eigenvalue weighted by Gasteiger charge is 2.10. The molecule has 0 radical (unpaired) electrons. The summed E-state index contributed by atoms with van der Waals surface area (Å²) in [7, 11) is 0. The molecule has 2 rings (SSSR count). The fourth-order valence-corrected chi connectivity index (χ4v) is 2.09. The predicted molar refractivity (Wildman–Crippen MR) is 82.9 cm³/mol. The van der Waals surface area contributed by atoms with Gasteiger partial charge in [-0.3, -0.25) is 0 Å². The van der Waals surface area contributed by atoms with Crippen molar-refractivity contribution in [1.82, 2.24) is 5.32 Å². The average Bonchev–Trinajstić information content (AvgIpc) is 2.86. The molecule has 3 heteroatoms. The molecule has 0 amide bonds. The van der Waals surface area contributed by atoms with Crippen molar-refractivity contribution >= 4 is 11.0 Å². The van der Waals surface area contributed by atoms with E-state index in [1.54, 1.807) is 0 Å². The van der Waals surface area contributed by atoms with Gasteiger partial charge in [0.2, 0.25) is 0 Å². The summed E-state index contributed by atoms with van der Waals surface area (Å²) in [6, 6.07) is 10.4. The third-order valence-electron chi connectivity index (χ3n) is 3.41. The Kier molecular flexibility index (Phi) is 5.62. The van der Waals surface area contributed by atoms with Gasteiger partial charge < -0.3 is 14.5 Å². The Labute approximate surface area is 121 Å². The van der Waals surface area contributed by atoms with Crippen LogP contribution in [0.3, 0.4) is 0 Å². The molecule has 1 N–H and O–H groups in total. The van der Waals surface area contributed by atoms with Crippen LogP contribution in [0.1, 0.15) is 39.0 Å². The van der Waals surface area contributed by atoms with Gasteiger partial charge in [-0.2, -0.15) is 0 Å². The second kappa shape index (κ2) is 7.46. The van der Waals surface area contributed by atoms with E-state index >= 15 is 0 Å². The predicted octanol–water partition coefficient (Wildman–Crippen LogP) is 4.15. The van der Waals surface area contributed by atoms with Gasteiger partial charge in [0, 0.05) is 18.5 Å². The van der Waals surface area contributed by atoms with E-state index in [2.05, 4.69) is 38.2 Å². The highest BCUT2D eigenvalue weighted by atomic mass is 16.5. The Morgan fingerprint density at radius 3 is 2.70 bits per heavy atom. The van der Waals surface area contributed by atoms with Crippen molar-refractivity contribution in [2.24, 2.45) is 5.92 Å². The van der Waals surface area contributed by atoms with Gasteiger partial charge in [-0.15, -0.1) is 0 Å². The molecule has 0 fully saturated rings. The highest BCUT2D eigenvalue weighted by molar-refractivity contribution is 5.77. The van der Waals surface area contributed by atoms with Crippen LogP contribution in [0.25, 0.3) is 11.0 Å². The first-order valence-corrected chi connectivity index (χ1v) is 7.46. The van der Waals surface area contributed by atoms with Gasteiger partial charge in [0.25, 0.3) is 0 Å². The second-order valence-electron chi connectivity index (χ2n) is 5.66. The van der Waals surface area contributed by atoms with E-state index in [1.165, 1.54) is 0 Å². The maximum atomic E-state index is 5.84. The number of ether oxygens (including phenoxy) is 1. The molecule has 2 aromatic rings. The molecular weight excluding hydrogens is 250 g/mol. The molecule has 0 saturated carbocycles. The van der Waals surface area contributed by atoms with Gasteiger partial charge in [-0.1, -0.05) is 32.0 Å². The first-order valence-electron chi connectivity index (χ1n) is 7.46. The summed E-state index contributed by atoms with van der Waals surface area (Å²) in [4.78, 5) is 0. The Hall–Kier alpha value is -1.32. The summed E-state index contributed by atoms with van der Waals surface area (Å²) in [5.74, 6) is 1.69. The van der Waals surface area contributed by atoms with Crippen molar-refractivity contribution in [1.29, 1.82) is 0 Å². The summed E-state index contributed by atoms with van der Waals surface area (Å²) in [6.45, 7) is 8.98. The maximum Gasteiger partial charge on any atom is 0.134 e. The lowest BCUT2D eigenvalue weighted by molar-refractivity contribution is 0.123. The molecule has 0 bridgehead atoms. The van der Waals surface area contributed by atoms with Crippen LogP contribution in [0, 0.1) is 5.92 Å². The molecule has 110 valence electrons. The number of hydrogen-bond acceptors (Lipinski definition) is 3. The Balaban J connectivity index is 1.73. The van der Waals surface area contributed by atoms with Crippen LogP contribution in [0.15, 0.2) is 34.7 Å². The maximum absolute atomic E-state index is 5.84. The topological polar surface area (TPSA) is 34.4 Å². The van der Waals surface area contributed by atoms with E-state index in [1.807, 2.05) is 18.2 Å². The quantitative estimate of drug-likeness (QED) is 0.735. The second-order valence-corrected chi connectivity index (χ2v) is 5.66. The first kappa shape index (κ1) is 15.1. The van der Waals surface area contributed by atoms with Gasteiger partial charge in [-0.05, 0) is 31.4 Å². The number of benzene rings is 1. The molecule has 1 atom stereocenters. The van der Waals surface area contributed by atoms with Crippen LogP contribution < -0.4 is 5.32 Å². The highest BCUT2D eigenvalue weighted by Crippen LogP contribution is 2.23. The third-order valence-corrected chi connectivity index (χ3v) is 3.41. The van der Waals surface area contributed by atoms with Crippen LogP contribution in [-0.2, 0) is 4.74 Å². The molecule has 1 unspecified atom stereocenters. The van der Waals surface area contributed by atoms with Crippen LogP contribution >= 0.6 is 0 Å². The van der Waals surface area contributed by atoms with E-state index < -0.39 is 0 Å². The smallest absolute Gasteiger partial charge is 0.134 e. The SMILES string of the molecule is CC(C)CCOCCNC(C)c1cc2ccccc2o1. The van der Waals surface area contributed by atoms with Crippen LogP contribution in [-0.4, -0.2) is 19.8 Å². The number of hydrogen-bond donors (Lipinski definition) is 1. The van der Waals surface area contributed by atoms with E-state index in [0.29, 0.717) is 5.92 Å². The molecule has 0 aliphatic heterocycles. The molecule has 0 saturated heterocycles. The molecule has 0 aliphatic carbocycles. The Bertz CT molecular complexity index is 485. The minimum atomic E-state index is 0.205. The van der Waals surface area contributed by atoms with Crippen LogP contribution in [0.4, 0.5) is 0 Å². The summed E-state index contributed by atoms with van der Waals surface area (Å²) in [5, 5.41) is 4.59. The van der Waals surface area contributed by atoms with Crippen molar-refractivity contribution in [3.8, 4) is 0 Å². The molecule has 1 heterocycles. The molecule has 1 aromatic heterocycles. The molecule has 20 heavy (non-hydrogen) atoms. The molecule has 0 aliphatic rings. The number of fused-ring (bicyclic) bond motifs is 1. The van der Waals surface area contributed by atoms with E-state index in [0.717, 1.165) is 42.9 Å². The monoisotopic (exact) mass is 275 g/mol. The zero-order chi connectivity index (χ0) is 14.4. The fourth-order valence-electron chi connectivity index (χ4n) is 2.09. The molecular formula is C17H25NO2. The number of para-hydroxylation sites is 1. The number of furan rings is 1. The van der Waals surface area contributed by atoms with Crippen molar-refractivity contribution in [2.75, 3.05) is 19.8 Å². The van der Waals surface area contributed by atoms with Gasteiger partial charge >= 0.3 is 0 Å².